The van der Waals surface area contributed by atoms with Crippen LogP contribution in [0.4, 0.5) is 11.4 Å². The molecular formula is C15H11N3O4S. The van der Waals surface area contributed by atoms with Crippen LogP contribution in [0.1, 0.15) is 0 Å². The predicted molar refractivity (Wildman–Crippen MR) is 85.6 cm³/mol. The van der Waals surface area contributed by atoms with E-state index >= 15 is 0 Å². The first-order valence-electron chi connectivity index (χ1n) is 6.58. The number of nitrogens with one attached hydrogen (secondary N) is 1. The van der Waals surface area contributed by atoms with Gasteiger partial charge >= 0.3 is 0 Å². The smallest absolute Gasteiger partial charge is 0.279 e. The van der Waals surface area contributed by atoms with Crippen molar-refractivity contribution in [2.24, 2.45) is 0 Å². The Kier molecular flexibility index (Phi) is 3.67. The Hall–Kier alpha value is -3.00. The summed E-state index contributed by atoms with van der Waals surface area (Å²) >= 11 is 0. The van der Waals surface area contributed by atoms with Crippen molar-refractivity contribution in [3.63, 3.8) is 0 Å². The average molecular weight is 329 g/mol. The number of hydrogen-bond donors (Lipinski definition) is 1. The van der Waals surface area contributed by atoms with Crippen LogP contribution in [-0.4, -0.2) is 18.3 Å². The molecule has 2 aromatic carbocycles. The Morgan fingerprint density at radius 2 is 1.83 bits per heavy atom. The fraction of sp³-hybridized carbons (Fsp3) is 0. The molecule has 23 heavy (non-hydrogen) atoms. The molecule has 1 aromatic heterocycles. The summed E-state index contributed by atoms with van der Waals surface area (Å²) < 4.78 is 27.2. The van der Waals surface area contributed by atoms with Crippen LogP contribution in [-0.2, 0) is 10.0 Å². The van der Waals surface area contributed by atoms with Gasteiger partial charge in [-0.25, -0.2) is 8.42 Å². The zero-order valence-corrected chi connectivity index (χ0v) is 12.5. The second-order valence-electron chi connectivity index (χ2n) is 4.74. The van der Waals surface area contributed by atoms with E-state index in [0.29, 0.717) is 5.69 Å². The third-order valence-electron chi connectivity index (χ3n) is 3.21. The van der Waals surface area contributed by atoms with Gasteiger partial charge in [-0.05, 0) is 30.3 Å². The maximum atomic E-state index is 12.4. The molecule has 0 atom stereocenters. The number of hydrogen-bond acceptors (Lipinski definition) is 5. The maximum Gasteiger partial charge on any atom is 0.289 e. The monoisotopic (exact) mass is 329 g/mol. The van der Waals surface area contributed by atoms with E-state index in [1.807, 2.05) is 0 Å². The van der Waals surface area contributed by atoms with Gasteiger partial charge in [-0.15, -0.1) is 0 Å². The molecule has 1 N–H and O–H groups in total. The fourth-order valence-corrected chi connectivity index (χ4v) is 3.41. The molecule has 0 saturated heterocycles. The number of fused-ring (bicyclic) bond motifs is 1. The molecule has 0 aliphatic rings. The van der Waals surface area contributed by atoms with Crippen molar-refractivity contribution in [3.05, 3.63) is 70.9 Å². The standard InChI is InChI=1S/C15H11N3O4S/c19-18(20)14-5-1-2-6-15(14)23(21,22)17-12-7-8-13-11(10-12)4-3-9-16-13/h1-10,17H. The van der Waals surface area contributed by atoms with Crippen LogP contribution in [0.2, 0.25) is 0 Å². The van der Waals surface area contributed by atoms with Crippen LogP contribution in [0.3, 0.4) is 0 Å². The number of nitrogens with zero attached hydrogens (tertiary/aromatic N) is 2. The third-order valence-corrected chi connectivity index (χ3v) is 4.64. The lowest BCUT2D eigenvalue weighted by Crippen LogP contribution is -2.14. The molecule has 1 heterocycles. The summed E-state index contributed by atoms with van der Waals surface area (Å²) in [6.07, 6.45) is 1.64. The summed E-state index contributed by atoms with van der Waals surface area (Å²) in [5.74, 6) is 0. The molecular weight excluding hydrogens is 318 g/mol. The number of nitro groups is 1. The lowest BCUT2D eigenvalue weighted by Gasteiger charge is -2.09. The first-order chi connectivity index (χ1) is 11.0. The van der Waals surface area contributed by atoms with Crippen LogP contribution in [0.25, 0.3) is 10.9 Å². The van der Waals surface area contributed by atoms with Crippen LogP contribution in [0, 0.1) is 10.1 Å². The maximum absolute atomic E-state index is 12.4. The van der Waals surface area contributed by atoms with E-state index in [1.165, 1.54) is 18.2 Å². The van der Waals surface area contributed by atoms with Crippen LogP contribution < -0.4 is 4.72 Å². The number of aromatic nitrogens is 1. The SMILES string of the molecule is O=[N+]([O-])c1ccccc1S(=O)(=O)Nc1ccc2ncccc2c1. The molecule has 7 nitrogen and oxygen atoms in total. The molecule has 0 aliphatic carbocycles. The Balaban J connectivity index is 2.02. The number of rotatable bonds is 4. The Labute approximate surface area is 131 Å². The zero-order chi connectivity index (χ0) is 16.4. The number of pyridine rings is 1. The van der Waals surface area contributed by atoms with E-state index in [1.54, 1.807) is 36.5 Å². The van der Waals surface area contributed by atoms with E-state index in [4.69, 9.17) is 0 Å². The number of nitro benzene ring substituents is 1. The lowest BCUT2D eigenvalue weighted by atomic mass is 10.2. The van der Waals surface area contributed by atoms with Crippen molar-refractivity contribution in [3.8, 4) is 0 Å². The van der Waals surface area contributed by atoms with Crippen molar-refractivity contribution in [2.45, 2.75) is 4.90 Å². The van der Waals surface area contributed by atoms with Crippen molar-refractivity contribution < 1.29 is 13.3 Å². The molecule has 0 bridgehead atoms. The van der Waals surface area contributed by atoms with E-state index < -0.39 is 20.6 Å². The second kappa shape index (κ2) is 5.65. The van der Waals surface area contributed by atoms with E-state index in [0.717, 1.165) is 17.0 Å². The Bertz CT molecular complexity index is 1000. The fourth-order valence-electron chi connectivity index (χ4n) is 2.18. The minimum Gasteiger partial charge on any atom is -0.279 e. The van der Waals surface area contributed by atoms with Gasteiger partial charge in [-0.1, -0.05) is 18.2 Å². The highest BCUT2D eigenvalue weighted by Gasteiger charge is 2.25. The molecule has 0 amide bonds. The van der Waals surface area contributed by atoms with Gasteiger partial charge in [0.1, 0.15) is 0 Å². The molecule has 0 fully saturated rings. The van der Waals surface area contributed by atoms with Crippen LogP contribution in [0.15, 0.2) is 65.7 Å². The van der Waals surface area contributed by atoms with Gasteiger partial charge in [0.25, 0.3) is 15.7 Å². The first-order valence-corrected chi connectivity index (χ1v) is 8.07. The number of para-hydroxylation sites is 1. The quantitative estimate of drug-likeness (QED) is 0.585. The Morgan fingerprint density at radius 3 is 2.61 bits per heavy atom. The van der Waals surface area contributed by atoms with Crippen molar-refractivity contribution in [1.29, 1.82) is 0 Å². The van der Waals surface area contributed by atoms with Crippen molar-refractivity contribution in [2.75, 3.05) is 4.72 Å². The molecule has 0 unspecified atom stereocenters. The highest BCUT2D eigenvalue weighted by Crippen LogP contribution is 2.26. The number of anilines is 1. The second-order valence-corrected chi connectivity index (χ2v) is 6.39. The summed E-state index contributed by atoms with van der Waals surface area (Å²) in [7, 11) is -4.07. The van der Waals surface area contributed by atoms with Gasteiger partial charge in [-0.3, -0.25) is 19.8 Å². The summed E-state index contributed by atoms with van der Waals surface area (Å²) in [5.41, 5.74) is 0.562. The Morgan fingerprint density at radius 1 is 1.04 bits per heavy atom. The van der Waals surface area contributed by atoms with Crippen LogP contribution in [0.5, 0.6) is 0 Å². The molecule has 0 radical (unpaired) electrons. The van der Waals surface area contributed by atoms with Gasteiger partial charge in [-0.2, -0.15) is 0 Å². The third kappa shape index (κ3) is 2.97. The molecule has 3 aromatic rings. The van der Waals surface area contributed by atoms with Gasteiger partial charge < -0.3 is 0 Å². The molecule has 0 saturated carbocycles. The highest BCUT2D eigenvalue weighted by atomic mass is 32.2. The van der Waals surface area contributed by atoms with Crippen LogP contribution >= 0.6 is 0 Å². The van der Waals surface area contributed by atoms with Crippen molar-refractivity contribution in [1.82, 2.24) is 4.98 Å². The minimum absolute atomic E-state index is 0.309. The number of sulfonamides is 1. The topological polar surface area (TPSA) is 102 Å². The van der Waals surface area contributed by atoms with Gasteiger partial charge in [0.2, 0.25) is 0 Å². The molecule has 3 rings (SSSR count). The van der Waals surface area contributed by atoms with E-state index in [2.05, 4.69) is 9.71 Å². The first kappa shape index (κ1) is 14.9. The lowest BCUT2D eigenvalue weighted by molar-refractivity contribution is -0.387. The summed E-state index contributed by atoms with van der Waals surface area (Å²) in [5, 5.41) is 11.8. The van der Waals surface area contributed by atoms with Gasteiger partial charge in [0.05, 0.1) is 10.4 Å². The predicted octanol–water partition coefficient (Wildman–Crippen LogP) is 2.94. The summed E-state index contributed by atoms with van der Waals surface area (Å²) in [6.45, 7) is 0. The minimum atomic E-state index is -4.07. The van der Waals surface area contributed by atoms with Gasteiger partial charge in [0.15, 0.2) is 4.90 Å². The summed E-state index contributed by atoms with van der Waals surface area (Å²) in [6, 6.07) is 13.6. The van der Waals surface area contributed by atoms with E-state index in [-0.39, 0.29) is 4.90 Å². The van der Waals surface area contributed by atoms with E-state index in [9.17, 15) is 18.5 Å². The number of benzene rings is 2. The van der Waals surface area contributed by atoms with Gasteiger partial charge in [0, 0.05) is 23.3 Å². The zero-order valence-electron chi connectivity index (χ0n) is 11.7. The largest absolute Gasteiger partial charge is 0.289 e. The average Bonchev–Trinajstić information content (AvgIpc) is 2.54. The van der Waals surface area contributed by atoms with Crippen molar-refractivity contribution >= 4 is 32.3 Å². The molecule has 8 heteroatoms. The normalized spacial score (nSPS) is 11.3. The molecule has 0 spiro atoms. The highest BCUT2D eigenvalue weighted by molar-refractivity contribution is 7.92. The summed E-state index contributed by atoms with van der Waals surface area (Å²) in [4.78, 5) is 14.0. The molecule has 0 aliphatic heterocycles. The molecule has 116 valence electrons.